The lowest BCUT2D eigenvalue weighted by molar-refractivity contribution is 0.431. The lowest BCUT2D eigenvalue weighted by Gasteiger charge is -2.11. The predicted molar refractivity (Wildman–Crippen MR) is 154 cm³/mol. The van der Waals surface area contributed by atoms with Crippen LogP contribution in [0.5, 0.6) is 0 Å². The molecular weight excluding hydrogens is 396 g/mol. The van der Waals surface area contributed by atoms with Crippen LogP contribution in [0.2, 0.25) is 0 Å². The molecule has 0 heterocycles. The van der Waals surface area contributed by atoms with Gasteiger partial charge in [0.2, 0.25) is 0 Å². The minimum atomic E-state index is 0.968. The van der Waals surface area contributed by atoms with Crippen molar-refractivity contribution in [3.63, 3.8) is 0 Å². The SMILES string of the molecule is CCCCCCC(C)CCCCCCCCCCCCCCCCCC(C)CCCCCC. The molecule has 0 amide bonds. The van der Waals surface area contributed by atoms with Gasteiger partial charge in [-0.3, -0.25) is 0 Å². The van der Waals surface area contributed by atoms with E-state index in [0.29, 0.717) is 0 Å². The summed E-state index contributed by atoms with van der Waals surface area (Å²) in [7, 11) is 0. The molecule has 0 spiro atoms. The number of rotatable bonds is 28. The van der Waals surface area contributed by atoms with E-state index in [-0.39, 0.29) is 0 Å². The Morgan fingerprint density at radius 3 is 0.667 bits per heavy atom. The van der Waals surface area contributed by atoms with Crippen LogP contribution < -0.4 is 0 Å². The minimum absolute atomic E-state index is 0.968. The maximum Gasteiger partial charge on any atom is -0.0443 e. The van der Waals surface area contributed by atoms with Crippen molar-refractivity contribution >= 4 is 0 Å². The van der Waals surface area contributed by atoms with Crippen LogP contribution in [-0.4, -0.2) is 0 Å². The van der Waals surface area contributed by atoms with Crippen molar-refractivity contribution in [2.24, 2.45) is 11.8 Å². The van der Waals surface area contributed by atoms with Crippen LogP contribution in [-0.2, 0) is 0 Å². The Morgan fingerprint density at radius 2 is 0.455 bits per heavy atom. The summed E-state index contributed by atoms with van der Waals surface area (Å²) in [6, 6.07) is 0. The molecule has 0 aromatic carbocycles. The Morgan fingerprint density at radius 1 is 0.273 bits per heavy atom. The maximum absolute atomic E-state index is 2.48. The largest absolute Gasteiger partial charge is 0.0654 e. The van der Waals surface area contributed by atoms with E-state index in [9.17, 15) is 0 Å². The van der Waals surface area contributed by atoms with Gasteiger partial charge in [-0.05, 0) is 11.8 Å². The van der Waals surface area contributed by atoms with Crippen LogP contribution in [0, 0.1) is 11.8 Å². The summed E-state index contributed by atoms with van der Waals surface area (Å²) < 4.78 is 0. The summed E-state index contributed by atoms with van der Waals surface area (Å²) >= 11 is 0. The van der Waals surface area contributed by atoms with Crippen molar-refractivity contribution < 1.29 is 0 Å². The highest BCUT2D eigenvalue weighted by molar-refractivity contribution is 4.57. The first-order chi connectivity index (χ1) is 16.2. The van der Waals surface area contributed by atoms with Gasteiger partial charge in [0.05, 0.1) is 0 Å². The van der Waals surface area contributed by atoms with E-state index in [4.69, 9.17) is 0 Å². The van der Waals surface area contributed by atoms with E-state index < -0.39 is 0 Å². The summed E-state index contributed by atoms with van der Waals surface area (Å²) in [5, 5.41) is 0. The van der Waals surface area contributed by atoms with Crippen LogP contribution in [0.3, 0.4) is 0 Å². The van der Waals surface area contributed by atoms with Gasteiger partial charge in [-0.1, -0.05) is 201 Å². The van der Waals surface area contributed by atoms with Crippen molar-refractivity contribution in [3.8, 4) is 0 Å². The van der Waals surface area contributed by atoms with Gasteiger partial charge in [0.15, 0.2) is 0 Å². The van der Waals surface area contributed by atoms with Crippen LogP contribution in [0.4, 0.5) is 0 Å². The molecule has 0 aromatic heterocycles. The highest BCUT2D eigenvalue weighted by Gasteiger charge is 2.03. The zero-order chi connectivity index (χ0) is 24.2. The molecule has 0 heteroatoms. The van der Waals surface area contributed by atoms with Crippen molar-refractivity contribution in [2.75, 3.05) is 0 Å². The lowest BCUT2D eigenvalue weighted by atomic mass is 9.96. The van der Waals surface area contributed by atoms with Crippen molar-refractivity contribution in [2.45, 2.75) is 201 Å². The molecule has 200 valence electrons. The van der Waals surface area contributed by atoms with Gasteiger partial charge in [0.25, 0.3) is 0 Å². The van der Waals surface area contributed by atoms with E-state index in [1.807, 2.05) is 0 Å². The van der Waals surface area contributed by atoms with Gasteiger partial charge in [0.1, 0.15) is 0 Å². The monoisotopic (exact) mass is 465 g/mol. The third-order valence-corrected chi connectivity index (χ3v) is 7.99. The maximum atomic E-state index is 2.48. The average molecular weight is 465 g/mol. The standard InChI is InChI=1S/C33H68/c1-5-7-9-24-28-32(3)30-26-22-20-18-16-14-12-11-13-15-17-19-21-23-27-31-33(4)29-25-10-8-6-2/h32-33H,5-31H2,1-4H3. The van der Waals surface area contributed by atoms with E-state index in [1.54, 1.807) is 0 Å². The molecule has 0 aliphatic carbocycles. The van der Waals surface area contributed by atoms with E-state index in [2.05, 4.69) is 27.7 Å². The lowest BCUT2D eigenvalue weighted by Crippen LogP contribution is -1.95. The fourth-order valence-electron chi connectivity index (χ4n) is 5.41. The number of hydrogen-bond donors (Lipinski definition) is 0. The van der Waals surface area contributed by atoms with Gasteiger partial charge in [-0.2, -0.15) is 0 Å². The molecule has 0 nitrogen and oxygen atoms in total. The molecule has 0 aliphatic rings. The first-order valence-corrected chi connectivity index (χ1v) is 16.2. The summed E-state index contributed by atoms with van der Waals surface area (Å²) in [5.41, 5.74) is 0. The molecule has 33 heavy (non-hydrogen) atoms. The van der Waals surface area contributed by atoms with Crippen LogP contribution in [0.15, 0.2) is 0 Å². The Kier molecular flexibility index (Phi) is 28.2. The van der Waals surface area contributed by atoms with E-state index >= 15 is 0 Å². The Hall–Kier alpha value is 0. The fourth-order valence-corrected chi connectivity index (χ4v) is 5.41. The van der Waals surface area contributed by atoms with Crippen molar-refractivity contribution in [3.05, 3.63) is 0 Å². The average Bonchev–Trinajstić information content (AvgIpc) is 2.81. The minimum Gasteiger partial charge on any atom is -0.0654 e. The highest BCUT2D eigenvalue weighted by Crippen LogP contribution is 2.20. The molecule has 0 aliphatic heterocycles. The normalized spacial score (nSPS) is 13.5. The van der Waals surface area contributed by atoms with Crippen LogP contribution in [0.25, 0.3) is 0 Å². The van der Waals surface area contributed by atoms with E-state index in [1.165, 1.54) is 173 Å². The molecule has 0 saturated carbocycles. The summed E-state index contributed by atoms with van der Waals surface area (Å²) in [5.74, 6) is 1.94. The number of unbranched alkanes of at least 4 members (excludes halogenated alkanes) is 20. The van der Waals surface area contributed by atoms with E-state index in [0.717, 1.165) is 11.8 Å². The van der Waals surface area contributed by atoms with Crippen molar-refractivity contribution in [1.29, 1.82) is 0 Å². The Bertz CT molecular complexity index is 301. The molecule has 2 unspecified atom stereocenters. The molecule has 0 N–H and O–H groups in total. The molecule has 2 atom stereocenters. The topological polar surface area (TPSA) is 0 Å². The molecule has 0 bridgehead atoms. The smallest absolute Gasteiger partial charge is 0.0443 e. The first kappa shape index (κ1) is 33.0. The van der Waals surface area contributed by atoms with Crippen LogP contribution in [0.1, 0.15) is 201 Å². The molecule has 0 rings (SSSR count). The predicted octanol–water partition coefficient (Wildman–Crippen LogP) is 12.8. The summed E-state index contributed by atoms with van der Waals surface area (Å²) in [6.07, 6.45) is 39.7. The Labute approximate surface area is 212 Å². The van der Waals surface area contributed by atoms with Crippen molar-refractivity contribution in [1.82, 2.24) is 0 Å². The molecule has 0 radical (unpaired) electrons. The summed E-state index contributed by atoms with van der Waals surface area (Å²) in [6.45, 7) is 9.57. The zero-order valence-corrected chi connectivity index (χ0v) is 24.2. The zero-order valence-electron chi connectivity index (χ0n) is 24.2. The second-order valence-corrected chi connectivity index (χ2v) is 11.8. The quantitative estimate of drug-likeness (QED) is 0.101. The second-order valence-electron chi connectivity index (χ2n) is 11.8. The fraction of sp³-hybridized carbons (Fsp3) is 1.00. The third-order valence-electron chi connectivity index (χ3n) is 7.99. The molecule has 0 saturated heterocycles. The first-order valence-electron chi connectivity index (χ1n) is 16.2. The highest BCUT2D eigenvalue weighted by atomic mass is 14.1. The van der Waals surface area contributed by atoms with Gasteiger partial charge in [-0.15, -0.1) is 0 Å². The van der Waals surface area contributed by atoms with Gasteiger partial charge < -0.3 is 0 Å². The van der Waals surface area contributed by atoms with Crippen LogP contribution >= 0.6 is 0 Å². The third kappa shape index (κ3) is 28.1. The number of hydrogen-bond acceptors (Lipinski definition) is 0. The van der Waals surface area contributed by atoms with Gasteiger partial charge in [-0.25, -0.2) is 0 Å². The second kappa shape index (κ2) is 28.2. The van der Waals surface area contributed by atoms with Gasteiger partial charge in [0, 0.05) is 0 Å². The summed E-state index contributed by atoms with van der Waals surface area (Å²) in [4.78, 5) is 0. The molecule has 0 fully saturated rings. The molecular formula is C33H68. The van der Waals surface area contributed by atoms with Gasteiger partial charge >= 0.3 is 0 Å². The molecule has 0 aromatic rings. The Balaban J connectivity index is 3.14.